The molecule has 0 aliphatic heterocycles. The molecule has 0 amide bonds. The van der Waals surface area contributed by atoms with Crippen LogP contribution in [0.15, 0.2) is 0 Å². The summed E-state index contributed by atoms with van der Waals surface area (Å²) in [5.41, 5.74) is -1.75. The van der Waals surface area contributed by atoms with Crippen LogP contribution in [0.4, 0.5) is 0 Å². The zero-order chi connectivity index (χ0) is 13.9. The Kier molecular flexibility index (Phi) is 9.87. The van der Waals surface area contributed by atoms with Crippen molar-refractivity contribution < 1.29 is 68.2 Å². The third kappa shape index (κ3) is 4.29. The molecule has 2 aliphatic carbocycles. The quantitative estimate of drug-likeness (QED) is 0.383. The van der Waals surface area contributed by atoms with Crippen LogP contribution in [0.25, 0.3) is 0 Å². The minimum atomic E-state index is -1.75. The van der Waals surface area contributed by atoms with Crippen LogP contribution in [-0.2, 0) is 9.59 Å². The number of carbonyl (C=O) groups is 2. The van der Waals surface area contributed by atoms with E-state index >= 15 is 0 Å². The number of carboxylic acid groups (broad SMARTS) is 2. The maximum Gasteiger partial charge on any atom is 1.00 e. The van der Waals surface area contributed by atoms with Gasteiger partial charge in [-0.15, -0.1) is 0 Å². The van der Waals surface area contributed by atoms with Crippen molar-refractivity contribution >= 4 is 11.9 Å². The Morgan fingerprint density at radius 2 is 1.00 bits per heavy atom. The molecule has 0 aromatic rings. The summed E-state index contributed by atoms with van der Waals surface area (Å²) in [5, 5.41) is 23.5. The van der Waals surface area contributed by atoms with Crippen LogP contribution < -0.4 is 58.6 Å². The molecule has 0 heterocycles. The predicted octanol–water partition coefficient (Wildman–Crippen LogP) is -5.36. The zero-order valence-electron chi connectivity index (χ0n) is 13.4. The normalized spacial score (nSPS) is 21.0. The van der Waals surface area contributed by atoms with E-state index in [2.05, 4.69) is 0 Å². The molecule has 2 rings (SSSR count). The number of rotatable bonds is 4. The third-order valence-electron chi connectivity index (χ3n) is 5.17. The van der Waals surface area contributed by atoms with Gasteiger partial charge in [0.1, 0.15) is 0 Å². The molecule has 0 saturated heterocycles. The molecular weight excluding hydrogens is 274 g/mol. The Hall–Kier alpha value is 0.537. The molecule has 0 atom stereocenters. The fourth-order valence-corrected chi connectivity index (χ4v) is 4.20. The van der Waals surface area contributed by atoms with Crippen molar-refractivity contribution in [2.45, 2.75) is 64.2 Å². The molecule has 2 fully saturated rings. The van der Waals surface area contributed by atoms with Gasteiger partial charge in [0.2, 0.25) is 0 Å². The van der Waals surface area contributed by atoms with Gasteiger partial charge in [0.25, 0.3) is 0 Å². The molecule has 2 aliphatic rings. The smallest absolute Gasteiger partial charge is 0.549 e. The molecule has 6 heteroatoms. The van der Waals surface area contributed by atoms with E-state index in [0.29, 0.717) is 25.7 Å². The van der Waals surface area contributed by atoms with Crippen molar-refractivity contribution in [2.75, 3.05) is 0 Å². The van der Waals surface area contributed by atoms with Gasteiger partial charge in [-0.05, 0) is 37.5 Å². The number of carboxylic acids is 2. The molecule has 0 unspecified atom stereocenters. The molecule has 0 spiro atoms. The van der Waals surface area contributed by atoms with Gasteiger partial charge in [0, 0.05) is 0 Å². The van der Waals surface area contributed by atoms with Crippen molar-refractivity contribution in [3.8, 4) is 0 Å². The van der Waals surface area contributed by atoms with E-state index in [1.165, 1.54) is 0 Å². The molecule has 4 nitrogen and oxygen atoms in total. The monoisotopic (exact) mass is 296 g/mol. The van der Waals surface area contributed by atoms with Crippen molar-refractivity contribution in [1.82, 2.24) is 0 Å². The van der Waals surface area contributed by atoms with Crippen molar-refractivity contribution in [3.63, 3.8) is 0 Å². The van der Waals surface area contributed by atoms with E-state index in [1.807, 2.05) is 0 Å². The van der Waals surface area contributed by atoms with Crippen LogP contribution in [0.2, 0.25) is 0 Å². The first-order valence-electron chi connectivity index (χ1n) is 7.53. The van der Waals surface area contributed by atoms with Gasteiger partial charge in [-0.2, -0.15) is 0 Å². The molecular formula is C15H22LiNaO4. The molecule has 2 saturated carbocycles. The van der Waals surface area contributed by atoms with Gasteiger partial charge in [-0.25, -0.2) is 0 Å². The third-order valence-corrected chi connectivity index (χ3v) is 5.17. The maximum absolute atomic E-state index is 11.7. The number of carbonyl (C=O) groups excluding carboxylic acids is 2. The van der Waals surface area contributed by atoms with E-state index in [9.17, 15) is 19.8 Å². The fourth-order valence-electron chi connectivity index (χ4n) is 4.20. The standard InChI is InChI=1S/C15H24O4.Li.Na/c16-13(17)15(14(18)19,11-7-3-1-4-8-11)12-9-5-2-6-10-12;;/h11-12H,1-10H2,(H,16,17)(H,18,19);;/q;2*+1/p-2. The van der Waals surface area contributed by atoms with Crippen LogP contribution in [0.5, 0.6) is 0 Å². The Morgan fingerprint density at radius 3 is 1.24 bits per heavy atom. The molecule has 0 bridgehead atoms. The summed E-state index contributed by atoms with van der Waals surface area (Å²) in [4.78, 5) is 23.5. The Bertz CT molecular complexity index is 316. The summed E-state index contributed by atoms with van der Waals surface area (Å²) in [7, 11) is 0. The maximum atomic E-state index is 11.7. The minimum absolute atomic E-state index is 0. The van der Waals surface area contributed by atoms with Crippen LogP contribution in [0.1, 0.15) is 64.2 Å². The van der Waals surface area contributed by atoms with Crippen LogP contribution in [0, 0.1) is 17.3 Å². The largest absolute Gasteiger partial charge is 1.00 e. The second-order valence-corrected chi connectivity index (χ2v) is 6.11. The van der Waals surface area contributed by atoms with Crippen LogP contribution >= 0.6 is 0 Å². The first kappa shape index (κ1) is 21.5. The first-order chi connectivity index (χ1) is 9.10. The topological polar surface area (TPSA) is 80.3 Å². The summed E-state index contributed by atoms with van der Waals surface area (Å²) in [5.74, 6) is -3.43. The van der Waals surface area contributed by atoms with Crippen molar-refractivity contribution in [2.24, 2.45) is 17.3 Å². The average Bonchev–Trinajstić information content (AvgIpc) is 2.41. The van der Waals surface area contributed by atoms with Crippen LogP contribution in [0.3, 0.4) is 0 Å². The summed E-state index contributed by atoms with van der Waals surface area (Å²) in [6.07, 6.45) is 8.52. The molecule has 0 radical (unpaired) electrons. The van der Waals surface area contributed by atoms with E-state index in [1.54, 1.807) is 0 Å². The average molecular weight is 296 g/mol. The Labute approximate surface area is 160 Å². The number of aliphatic carboxylic acids is 2. The Morgan fingerprint density at radius 1 is 0.714 bits per heavy atom. The minimum Gasteiger partial charge on any atom is -0.549 e. The van der Waals surface area contributed by atoms with Crippen molar-refractivity contribution in [1.29, 1.82) is 0 Å². The van der Waals surface area contributed by atoms with Crippen LogP contribution in [-0.4, -0.2) is 11.9 Å². The van der Waals surface area contributed by atoms with E-state index in [0.717, 1.165) is 38.5 Å². The fraction of sp³-hybridized carbons (Fsp3) is 0.867. The van der Waals surface area contributed by atoms with Gasteiger partial charge >= 0.3 is 48.4 Å². The summed E-state index contributed by atoms with van der Waals surface area (Å²) < 4.78 is 0. The van der Waals surface area contributed by atoms with Gasteiger partial charge in [-0.3, -0.25) is 0 Å². The summed E-state index contributed by atoms with van der Waals surface area (Å²) >= 11 is 0. The molecule has 108 valence electrons. The van der Waals surface area contributed by atoms with E-state index in [4.69, 9.17) is 0 Å². The molecule has 0 aromatic heterocycles. The molecule has 0 aromatic carbocycles. The number of hydrogen-bond donors (Lipinski definition) is 0. The second-order valence-electron chi connectivity index (χ2n) is 6.11. The summed E-state index contributed by atoms with van der Waals surface area (Å²) in [6.45, 7) is 0. The number of hydrogen-bond acceptors (Lipinski definition) is 4. The Balaban J connectivity index is 0.00000200. The molecule has 0 N–H and O–H groups in total. The summed E-state index contributed by atoms with van der Waals surface area (Å²) in [6, 6.07) is 0. The molecule has 21 heavy (non-hydrogen) atoms. The second kappa shape index (κ2) is 9.63. The van der Waals surface area contributed by atoms with E-state index in [-0.39, 0.29) is 60.3 Å². The van der Waals surface area contributed by atoms with Gasteiger partial charge < -0.3 is 19.8 Å². The van der Waals surface area contributed by atoms with Crippen molar-refractivity contribution in [3.05, 3.63) is 0 Å². The SMILES string of the molecule is O=C([O-])C(C(=O)[O-])(C1CCCCC1)C1CCCCC1.[Li+].[Na+]. The van der Waals surface area contributed by atoms with Gasteiger partial charge in [0.05, 0.1) is 17.4 Å². The predicted molar refractivity (Wildman–Crippen MR) is 65.6 cm³/mol. The first-order valence-corrected chi connectivity index (χ1v) is 7.53. The van der Waals surface area contributed by atoms with Gasteiger partial charge in [-0.1, -0.05) is 38.5 Å². The van der Waals surface area contributed by atoms with Gasteiger partial charge in [0.15, 0.2) is 0 Å². The van der Waals surface area contributed by atoms with E-state index < -0.39 is 17.4 Å². The zero-order valence-corrected chi connectivity index (χ0v) is 15.4.